The van der Waals surface area contributed by atoms with Crippen molar-refractivity contribution in [2.45, 2.75) is 37.7 Å². The molecule has 0 aliphatic carbocycles. The number of nitrogens with zero attached hydrogens (tertiary/aromatic N) is 1. The zero-order valence-electron chi connectivity index (χ0n) is 14.4. The van der Waals surface area contributed by atoms with Gasteiger partial charge in [0.1, 0.15) is 0 Å². The molecule has 1 N–H and O–H groups in total. The third kappa shape index (κ3) is 3.98. The van der Waals surface area contributed by atoms with Crippen molar-refractivity contribution in [2.75, 3.05) is 24.2 Å². The molecule has 0 radical (unpaired) electrons. The lowest BCUT2D eigenvalue weighted by molar-refractivity contribution is -0.141. The van der Waals surface area contributed by atoms with E-state index in [1.54, 1.807) is 23.1 Å². The molecule has 3 rings (SSSR count). The van der Waals surface area contributed by atoms with E-state index in [2.05, 4.69) is 5.32 Å². The second-order valence-electron chi connectivity index (χ2n) is 6.65. The summed E-state index contributed by atoms with van der Waals surface area (Å²) in [5, 5.41) is 2.76. The molecule has 2 amide bonds. The highest BCUT2D eigenvalue weighted by Gasteiger charge is 2.32. The predicted octanol–water partition coefficient (Wildman–Crippen LogP) is 2.53. The van der Waals surface area contributed by atoms with Crippen molar-refractivity contribution in [3.63, 3.8) is 0 Å². The van der Waals surface area contributed by atoms with Crippen LogP contribution in [0.3, 0.4) is 0 Å². The number of carbonyl (C=O) groups is 3. The number of hydrogen-bond donors (Lipinski definition) is 1. The van der Waals surface area contributed by atoms with Crippen LogP contribution in [0.4, 0.5) is 5.69 Å². The minimum Gasteiger partial charge on any atom is -0.448 e. The average Bonchev–Trinajstić information content (AvgIpc) is 3.12. The first-order valence-electron chi connectivity index (χ1n) is 8.52. The summed E-state index contributed by atoms with van der Waals surface area (Å²) in [4.78, 5) is 39.4. The van der Waals surface area contributed by atoms with Crippen molar-refractivity contribution in [1.82, 2.24) is 4.90 Å². The SMILES string of the molecule is CC(C)[C@@H](OC(=O)c1ccc2c(c1)NC(=O)CS2)C(=O)N1CCCC1. The summed E-state index contributed by atoms with van der Waals surface area (Å²) in [5.74, 6) is -0.491. The lowest BCUT2D eigenvalue weighted by Crippen LogP contribution is -2.42. The van der Waals surface area contributed by atoms with Crippen molar-refractivity contribution >= 4 is 35.2 Å². The van der Waals surface area contributed by atoms with E-state index in [1.807, 2.05) is 13.8 Å². The third-order valence-electron chi connectivity index (χ3n) is 4.35. The summed E-state index contributed by atoms with van der Waals surface area (Å²) in [5.41, 5.74) is 0.948. The topological polar surface area (TPSA) is 75.7 Å². The van der Waals surface area contributed by atoms with Crippen molar-refractivity contribution in [3.05, 3.63) is 23.8 Å². The number of nitrogens with one attached hydrogen (secondary N) is 1. The smallest absolute Gasteiger partial charge is 0.338 e. The second kappa shape index (κ2) is 7.47. The molecule has 7 heteroatoms. The fourth-order valence-electron chi connectivity index (χ4n) is 2.98. The van der Waals surface area contributed by atoms with Gasteiger partial charge in [-0.2, -0.15) is 0 Å². The van der Waals surface area contributed by atoms with E-state index in [0.29, 0.717) is 17.0 Å². The largest absolute Gasteiger partial charge is 0.448 e. The molecule has 1 atom stereocenters. The van der Waals surface area contributed by atoms with Crippen LogP contribution in [0.2, 0.25) is 0 Å². The number of esters is 1. The molecule has 2 aliphatic heterocycles. The molecule has 6 nitrogen and oxygen atoms in total. The standard InChI is InChI=1S/C18H22N2O4S/c1-11(2)16(17(22)20-7-3-4-8-20)24-18(23)12-5-6-14-13(9-12)19-15(21)10-25-14/h5-6,9,11,16H,3-4,7-8,10H2,1-2H3,(H,19,21)/t16-/m1/s1. The molecule has 0 aromatic heterocycles. The Morgan fingerprint density at radius 2 is 1.96 bits per heavy atom. The summed E-state index contributed by atoms with van der Waals surface area (Å²) in [7, 11) is 0. The normalized spacial score (nSPS) is 17.9. The number of thioether (sulfide) groups is 1. The number of ether oxygens (including phenoxy) is 1. The lowest BCUT2D eigenvalue weighted by atomic mass is 10.1. The number of anilines is 1. The fourth-order valence-corrected chi connectivity index (χ4v) is 3.77. The Balaban J connectivity index is 1.74. The van der Waals surface area contributed by atoms with Gasteiger partial charge in [-0.25, -0.2) is 4.79 Å². The molecule has 25 heavy (non-hydrogen) atoms. The number of benzene rings is 1. The summed E-state index contributed by atoms with van der Waals surface area (Å²) in [6.45, 7) is 5.19. The maximum absolute atomic E-state index is 12.6. The Labute approximate surface area is 151 Å². The maximum atomic E-state index is 12.6. The fraction of sp³-hybridized carbons (Fsp3) is 0.500. The van der Waals surface area contributed by atoms with Gasteiger partial charge < -0.3 is 15.0 Å². The van der Waals surface area contributed by atoms with Crippen molar-refractivity contribution in [1.29, 1.82) is 0 Å². The van der Waals surface area contributed by atoms with E-state index < -0.39 is 12.1 Å². The zero-order valence-corrected chi connectivity index (χ0v) is 15.2. The Morgan fingerprint density at radius 3 is 2.64 bits per heavy atom. The van der Waals surface area contributed by atoms with Crippen LogP contribution in [-0.4, -0.2) is 47.6 Å². The summed E-state index contributed by atoms with van der Waals surface area (Å²) in [6, 6.07) is 5.07. The molecule has 0 spiro atoms. The number of fused-ring (bicyclic) bond motifs is 1. The number of amides is 2. The van der Waals surface area contributed by atoms with Crippen LogP contribution >= 0.6 is 11.8 Å². The highest BCUT2D eigenvalue weighted by atomic mass is 32.2. The Bertz CT molecular complexity index is 698. The number of rotatable bonds is 4. The van der Waals surface area contributed by atoms with Crippen LogP contribution < -0.4 is 5.32 Å². The van der Waals surface area contributed by atoms with E-state index in [0.717, 1.165) is 30.8 Å². The molecular weight excluding hydrogens is 340 g/mol. The third-order valence-corrected chi connectivity index (χ3v) is 5.42. The van der Waals surface area contributed by atoms with Crippen LogP contribution in [0, 0.1) is 5.92 Å². The number of carbonyl (C=O) groups excluding carboxylic acids is 3. The molecule has 1 saturated heterocycles. The van der Waals surface area contributed by atoms with Crippen molar-refractivity contribution in [2.24, 2.45) is 5.92 Å². The molecule has 134 valence electrons. The van der Waals surface area contributed by atoms with Gasteiger partial charge in [0.2, 0.25) is 5.91 Å². The number of hydrogen-bond acceptors (Lipinski definition) is 5. The van der Waals surface area contributed by atoms with Crippen molar-refractivity contribution < 1.29 is 19.1 Å². The second-order valence-corrected chi connectivity index (χ2v) is 7.67. The van der Waals surface area contributed by atoms with E-state index in [1.165, 1.54) is 11.8 Å². The number of likely N-dealkylation sites (tertiary alicyclic amines) is 1. The molecule has 0 saturated carbocycles. The Morgan fingerprint density at radius 1 is 1.24 bits per heavy atom. The average molecular weight is 362 g/mol. The molecule has 0 unspecified atom stereocenters. The monoisotopic (exact) mass is 362 g/mol. The molecule has 1 aromatic carbocycles. The highest BCUT2D eigenvalue weighted by Crippen LogP contribution is 2.32. The first-order valence-corrected chi connectivity index (χ1v) is 9.50. The van der Waals surface area contributed by atoms with Gasteiger partial charge in [-0.05, 0) is 37.0 Å². The van der Waals surface area contributed by atoms with Crippen LogP contribution in [0.5, 0.6) is 0 Å². The van der Waals surface area contributed by atoms with Crippen LogP contribution in [0.25, 0.3) is 0 Å². The predicted molar refractivity (Wildman–Crippen MR) is 95.7 cm³/mol. The van der Waals surface area contributed by atoms with E-state index in [-0.39, 0.29) is 17.7 Å². The minimum absolute atomic E-state index is 0.0905. The summed E-state index contributed by atoms with van der Waals surface area (Å²) in [6.07, 6.45) is 1.20. The molecule has 0 bridgehead atoms. The molecular formula is C18H22N2O4S. The molecule has 2 heterocycles. The molecule has 1 aromatic rings. The van der Waals surface area contributed by atoms with Gasteiger partial charge in [0.15, 0.2) is 6.10 Å². The van der Waals surface area contributed by atoms with Gasteiger partial charge in [0.05, 0.1) is 17.0 Å². The van der Waals surface area contributed by atoms with E-state index in [9.17, 15) is 14.4 Å². The van der Waals surface area contributed by atoms with Gasteiger partial charge in [-0.1, -0.05) is 13.8 Å². The van der Waals surface area contributed by atoms with Gasteiger partial charge in [0.25, 0.3) is 5.91 Å². The maximum Gasteiger partial charge on any atom is 0.338 e. The van der Waals surface area contributed by atoms with Crippen molar-refractivity contribution in [3.8, 4) is 0 Å². The highest BCUT2D eigenvalue weighted by molar-refractivity contribution is 8.00. The van der Waals surface area contributed by atoms with E-state index in [4.69, 9.17) is 4.74 Å². The summed E-state index contributed by atoms with van der Waals surface area (Å²) >= 11 is 1.43. The van der Waals surface area contributed by atoms with Crippen LogP contribution in [0.15, 0.2) is 23.1 Å². The van der Waals surface area contributed by atoms with Gasteiger partial charge in [0, 0.05) is 18.0 Å². The Hall–Kier alpha value is -2.02. The minimum atomic E-state index is -0.786. The van der Waals surface area contributed by atoms with Gasteiger partial charge in [-0.15, -0.1) is 11.8 Å². The van der Waals surface area contributed by atoms with Gasteiger partial charge in [-0.3, -0.25) is 9.59 Å². The van der Waals surface area contributed by atoms with Gasteiger partial charge >= 0.3 is 5.97 Å². The van der Waals surface area contributed by atoms with E-state index >= 15 is 0 Å². The molecule has 1 fully saturated rings. The zero-order chi connectivity index (χ0) is 18.0. The quantitative estimate of drug-likeness (QED) is 0.833. The van der Waals surface area contributed by atoms with Crippen LogP contribution in [-0.2, 0) is 14.3 Å². The Kier molecular flexibility index (Phi) is 5.32. The first-order chi connectivity index (χ1) is 12.0. The molecule has 2 aliphatic rings. The summed E-state index contributed by atoms with van der Waals surface area (Å²) < 4.78 is 5.54. The van der Waals surface area contributed by atoms with Crippen LogP contribution in [0.1, 0.15) is 37.0 Å². The lowest BCUT2D eigenvalue weighted by Gasteiger charge is -2.26. The first kappa shape index (κ1) is 17.8.